The number of carbonyl (C=O) groups excluding carboxylic acids is 2. The number of aryl methyl sites for hydroxylation is 1. The Kier molecular flexibility index (Phi) is 9.24. The van der Waals surface area contributed by atoms with E-state index >= 15 is 0 Å². The number of ether oxygens (including phenoxy) is 1. The molecule has 0 bridgehead atoms. The second-order valence-corrected chi connectivity index (χ2v) is 8.61. The zero-order chi connectivity index (χ0) is 22.1. The molecule has 2 amide bonds. The maximum atomic E-state index is 13.2. The summed E-state index contributed by atoms with van der Waals surface area (Å²) in [4.78, 5) is 28.7. The van der Waals surface area contributed by atoms with Gasteiger partial charge in [-0.2, -0.15) is 0 Å². The van der Waals surface area contributed by atoms with Crippen molar-refractivity contribution < 1.29 is 14.3 Å². The average molecular weight is 429 g/mol. The number of nitrogens with zero attached hydrogens (tertiary/aromatic N) is 1. The molecule has 162 valence electrons. The van der Waals surface area contributed by atoms with E-state index in [0.29, 0.717) is 13.0 Å². The molecule has 1 N–H and O–H groups in total. The highest BCUT2D eigenvalue weighted by Crippen LogP contribution is 2.21. The van der Waals surface area contributed by atoms with E-state index in [1.807, 2.05) is 76.2 Å². The van der Waals surface area contributed by atoms with Gasteiger partial charge in [0.25, 0.3) is 0 Å². The first-order chi connectivity index (χ1) is 14.3. The summed E-state index contributed by atoms with van der Waals surface area (Å²) in [6.07, 6.45) is 0.551. The van der Waals surface area contributed by atoms with E-state index in [9.17, 15) is 9.59 Å². The van der Waals surface area contributed by atoms with Gasteiger partial charge < -0.3 is 15.0 Å². The van der Waals surface area contributed by atoms with E-state index in [1.165, 1.54) is 17.3 Å². The molecule has 30 heavy (non-hydrogen) atoms. The molecule has 0 unspecified atom stereocenters. The lowest BCUT2D eigenvalue weighted by molar-refractivity contribution is -0.139. The number of thioether (sulfide) groups is 1. The van der Waals surface area contributed by atoms with Crippen LogP contribution >= 0.6 is 11.8 Å². The van der Waals surface area contributed by atoms with Crippen molar-refractivity contribution in [1.82, 2.24) is 10.2 Å². The van der Waals surface area contributed by atoms with Crippen LogP contribution in [0.1, 0.15) is 38.3 Å². The van der Waals surface area contributed by atoms with Crippen molar-refractivity contribution in [3.63, 3.8) is 0 Å². The lowest BCUT2D eigenvalue weighted by Gasteiger charge is -2.31. The standard InChI is InChI=1S/C24H32N2O3S/c1-6-22(24(28)25-17(2)3)26(15-19-9-11-20(29-5)12-10-19)23(27)16-30-21-13-7-18(4)8-14-21/h7-14,17,22H,6,15-16H2,1-5H3,(H,25,28)/t22-/m0/s1. The van der Waals surface area contributed by atoms with Crippen molar-refractivity contribution in [1.29, 1.82) is 0 Å². The molecule has 0 saturated carbocycles. The number of hydrogen-bond acceptors (Lipinski definition) is 4. The van der Waals surface area contributed by atoms with Gasteiger partial charge in [0.15, 0.2) is 0 Å². The fraction of sp³-hybridized carbons (Fsp3) is 0.417. The highest BCUT2D eigenvalue weighted by atomic mass is 32.2. The predicted molar refractivity (Wildman–Crippen MR) is 123 cm³/mol. The first kappa shape index (κ1) is 23.8. The second kappa shape index (κ2) is 11.6. The number of hydrogen-bond donors (Lipinski definition) is 1. The summed E-state index contributed by atoms with van der Waals surface area (Å²) in [5.41, 5.74) is 2.14. The number of rotatable bonds is 10. The van der Waals surface area contributed by atoms with Crippen LogP contribution in [0.25, 0.3) is 0 Å². The van der Waals surface area contributed by atoms with Gasteiger partial charge in [-0.25, -0.2) is 0 Å². The van der Waals surface area contributed by atoms with E-state index in [4.69, 9.17) is 4.74 Å². The summed E-state index contributed by atoms with van der Waals surface area (Å²) >= 11 is 1.49. The predicted octanol–water partition coefficient (Wildman–Crippen LogP) is 4.43. The second-order valence-electron chi connectivity index (χ2n) is 7.56. The van der Waals surface area contributed by atoms with Crippen molar-refractivity contribution in [3.05, 3.63) is 59.7 Å². The Morgan fingerprint density at radius 3 is 2.23 bits per heavy atom. The van der Waals surface area contributed by atoms with E-state index in [2.05, 4.69) is 5.32 Å². The Hall–Kier alpha value is -2.47. The summed E-state index contributed by atoms with van der Waals surface area (Å²) in [5, 5.41) is 2.95. The minimum Gasteiger partial charge on any atom is -0.497 e. The molecule has 0 saturated heterocycles. The highest BCUT2D eigenvalue weighted by Gasteiger charge is 2.28. The molecule has 0 aromatic heterocycles. The fourth-order valence-electron chi connectivity index (χ4n) is 3.09. The van der Waals surface area contributed by atoms with E-state index < -0.39 is 6.04 Å². The zero-order valence-corrected chi connectivity index (χ0v) is 19.3. The number of benzene rings is 2. The first-order valence-corrected chi connectivity index (χ1v) is 11.2. The molecule has 0 aliphatic carbocycles. The van der Waals surface area contributed by atoms with Gasteiger partial charge in [0, 0.05) is 17.5 Å². The zero-order valence-electron chi connectivity index (χ0n) is 18.5. The molecule has 6 heteroatoms. The van der Waals surface area contributed by atoms with E-state index in [1.54, 1.807) is 12.0 Å². The minimum absolute atomic E-state index is 0.0198. The molecule has 0 radical (unpaired) electrons. The maximum Gasteiger partial charge on any atom is 0.243 e. The fourth-order valence-corrected chi connectivity index (χ4v) is 3.87. The lowest BCUT2D eigenvalue weighted by atomic mass is 10.1. The normalized spacial score (nSPS) is 11.8. The maximum absolute atomic E-state index is 13.2. The molecule has 2 aromatic carbocycles. The third-order valence-corrected chi connectivity index (χ3v) is 5.71. The van der Waals surface area contributed by atoms with Crippen LogP contribution in [0.2, 0.25) is 0 Å². The third-order valence-electron chi connectivity index (χ3n) is 4.71. The Morgan fingerprint density at radius 1 is 1.07 bits per heavy atom. The molecular formula is C24H32N2O3S. The number of nitrogens with one attached hydrogen (secondary N) is 1. The van der Waals surface area contributed by atoms with Crippen LogP contribution in [0.4, 0.5) is 0 Å². The van der Waals surface area contributed by atoms with Crippen molar-refractivity contribution in [3.8, 4) is 5.75 Å². The summed E-state index contributed by atoms with van der Waals surface area (Å²) in [6, 6.07) is 15.2. The van der Waals surface area contributed by atoms with Crippen molar-refractivity contribution in [2.45, 2.75) is 57.6 Å². The Balaban J connectivity index is 2.19. The summed E-state index contributed by atoms with van der Waals surface area (Å²) in [7, 11) is 1.62. The van der Waals surface area contributed by atoms with Crippen LogP contribution in [0.15, 0.2) is 53.4 Å². The van der Waals surface area contributed by atoms with Gasteiger partial charge in [0.05, 0.1) is 12.9 Å². The molecule has 0 heterocycles. The Morgan fingerprint density at radius 2 is 1.70 bits per heavy atom. The van der Waals surface area contributed by atoms with Gasteiger partial charge in [0.2, 0.25) is 11.8 Å². The van der Waals surface area contributed by atoms with Gasteiger partial charge in [0.1, 0.15) is 11.8 Å². The van der Waals surface area contributed by atoms with Crippen molar-refractivity contribution in [2.75, 3.05) is 12.9 Å². The molecular weight excluding hydrogens is 396 g/mol. The molecule has 0 aliphatic rings. The molecule has 0 spiro atoms. The van der Waals surface area contributed by atoms with Crippen molar-refractivity contribution >= 4 is 23.6 Å². The van der Waals surface area contributed by atoms with E-state index in [-0.39, 0.29) is 23.6 Å². The molecule has 0 aliphatic heterocycles. The van der Waals surface area contributed by atoms with Crippen LogP contribution < -0.4 is 10.1 Å². The monoisotopic (exact) mass is 428 g/mol. The molecule has 2 aromatic rings. The van der Waals surface area contributed by atoms with Crippen molar-refractivity contribution in [2.24, 2.45) is 0 Å². The Bertz CT molecular complexity index is 819. The highest BCUT2D eigenvalue weighted by molar-refractivity contribution is 8.00. The number of methoxy groups -OCH3 is 1. The largest absolute Gasteiger partial charge is 0.497 e. The van der Waals surface area contributed by atoms with Crippen LogP contribution in [0.3, 0.4) is 0 Å². The van der Waals surface area contributed by atoms with Gasteiger partial charge >= 0.3 is 0 Å². The smallest absolute Gasteiger partial charge is 0.243 e. The quantitative estimate of drug-likeness (QED) is 0.569. The molecule has 2 rings (SSSR count). The van der Waals surface area contributed by atoms with Crippen LogP contribution in [-0.4, -0.2) is 41.7 Å². The van der Waals surface area contributed by atoms with Crippen LogP contribution in [0, 0.1) is 6.92 Å². The topological polar surface area (TPSA) is 58.6 Å². The lowest BCUT2D eigenvalue weighted by Crippen LogP contribution is -2.50. The average Bonchev–Trinajstić information content (AvgIpc) is 2.73. The number of carbonyl (C=O) groups is 2. The summed E-state index contributed by atoms with van der Waals surface area (Å²) in [6.45, 7) is 8.20. The number of amides is 2. The summed E-state index contributed by atoms with van der Waals surface area (Å²) < 4.78 is 5.22. The molecule has 5 nitrogen and oxygen atoms in total. The first-order valence-electron chi connectivity index (χ1n) is 10.3. The van der Waals surface area contributed by atoms with E-state index in [0.717, 1.165) is 16.2 Å². The van der Waals surface area contributed by atoms with Crippen LogP contribution in [0.5, 0.6) is 5.75 Å². The summed E-state index contributed by atoms with van der Waals surface area (Å²) in [5.74, 6) is 0.873. The van der Waals surface area contributed by atoms with Gasteiger partial charge in [-0.3, -0.25) is 9.59 Å². The minimum atomic E-state index is -0.513. The third kappa shape index (κ3) is 7.10. The molecule has 1 atom stereocenters. The van der Waals surface area contributed by atoms with Gasteiger partial charge in [-0.15, -0.1) is 11.8 Å². The molecule has 0 fully saturated rings. The van der Waals surface area contributed by atoms with Gasteiger partial charge in [-0.1, -0.05) is 36.8 Å². The van der Waals surface area contributed by atoms with Crippen LogP contribution in [-0.2, 0) is 16.1 Å². The van der Waals surface area contributed by atoms with Gasteiger partial charge in [-0.05, 0) is 57.0 Å². The Labute approximate surface area is 184 Å². The SMILES string of the molecule is CC[C@@H](C(=O)NC(C)C)N(Cc1ccc(OC)cc1)C(=O)CSc1ccc(C)cc1.